The molecule has 1 aliphatic heterocycles. The first kappa shape index (κ1) is 22.6. The first-order valence-corrected chi connectivity index (χ1v) is 11.4. The van der Waals surface area contributed by atoms with Gasteiger partial charge in [0.2, 0.25) is 0 Å². The molecule has 5 rings (SSSR count). The number of para-hydroxylation sites is 1. The quantitative estimate of drug-likeness (QED) is 0.214. The molecule has 35 heavy (non-hydrogen) atoms. The predicted molar refractivity (Wildman–Crippen MR) is 130 cm³/mol. The minimum atomic E-state index is -0.566. The third-order valence-corrected chi connectivity index (χ3v) is 6.12. The molecule has 0 radical (unpaired) electrons. The molecule has 1 unspecified atom stereocenters. The first-order valence-electron chi connectivity index (χ1n) is 11.0. The summed E-state index contributed by atoms with van der Waals surface area (Å²) in [5.74, 6) is -0.812. The summed E-state index contributed by atoms with van der Waals surface area (Å²) >= 11 is 5.94. The first-order chi connectivity index (χ1) is 17.0. The second-order valence-electron chi connectivity index (χ2n) is 8.09. The van der Waals surface area contributed by atoms with Gasteiger partial charge in [0.1, 0.15) is 23.9 Å². The number of hydrogen-bond acceptors (Lipinski definition) is 6. The SMILES string of the molecule is O=C1CC(c2ccccc2OCc2ccccn2)c2c(ccc(C(=O)c3ccc(Cl)cc3)c2O)O1. The molecule has 0 saturated heterocycles. The lowest BCUT2D eigenvalue weighted by molar-refractivity contribution is -0.135. The van der Waals surface area contributed by atoms with E-state index in [1.807, 2.05) is 36.4 Å². The normalized spacial score (nSPS) is 14.7. The molecule has 0 amide bonds. The lowest BCUT2D eigenvalue weighted by Crippen LogP contribution is -2.22. The molecule has 0 spiro atoms. The lowest BCUT2D eigenvalue weighted by atomic mass is 9.83. The zero-order chi connectivity index (χ0) is 24.4. The van der Waals surface area contributed by atoms with Crippen LogP contribution in [0.5, 0.6) is 17.2 Å². The highest BCUT2D eigenvalue weighted by molar-refractivity contribution is 6.30. The number of carbonyl (C=O) groups excluding carboxylic acids is 2. The van der Waals surface area contributed by atoms with Crippen molar-refractivity contribution in [2.75, 3.05) is 0 Å². The van der Waals surface area contributed by atoms with Crippen LogP contribution in [-0.4, -0.2) is 21.8 Å². The number of aromatic nitrogens is 1. The predicted octanol–water partition coefficient (Wildman–Crippen LogP) is 5.69. The average Bonchev–Trinajstić information content (AvgIpc) is 2.88. The third kappa shape index (κ3) is 4.61. The van der Waals surface area contributed by atoms with Gasteiger partial charge in [-0.1, -0.05) is 35.9 Å². The van der Waals surface area contributed by atoms with Crippen molar-refractivity contribution in [3.63, 3.8) is 0 Å². The summed E-state index contributed by atoms with van der Waals surface area (Å²) in [7, 11) is 0. The molecule has 174 valence electrons. The van der Waals surface area contributed by atoms with Gasteiger partial charge in [0.15, 0.2) is 5.78 Å². The van der Waals surface area contributed by atoms with Crippen LogP contribution in [0.3, 0.4) is 0 Å². The summed E-state index contributed by atoms with van der Waals surface area (Å²) in [6, 6.07) is 22.3. The summed E-state index contributed by atoms with van der Waals surface area (Å²) in [4.78, 5) is 29.9. The van der Waals surface area contributed by atoms with Crippen LogP contribution in [0.15, 0.2) is 85.1 Å². The molecule has 3 aromatic carbocycles. The van der Waals surface area contributed by atoms with Gasteiger partial charge in [-0.2, -0.15) is 0 Å². The number of aromatic hydroxyl groups is 1. The van der Waals surface area contributed by atoms with Gasteiger partial charge in [-0.05, 0) is 54.6 Å². The molecule has 7 heteroatoms. The number of rotatable bonds is 6. The van der Waals surface area contributed by atoms with Gasteiger partial charge in [0.25, 0.3) is 0 Å². The Morgan fingerprint density at radius 3 is 2.57 bits per heavy atom. The fourth-order valence-electron chi connectivity index (χ4n) is 4.19. The van der Waals surface area contributed by atoms with Crippen LogP contribution in [0.2, 0.25) is 5.02 Å². The second kappa shape index (κ2) is 9.60. The van der Waals surface area contributed by atoms with E-state index >= 15 is 0 Å². The number of pyridine rings is 1. The summed E-state index contributed by atoms with van der Waals surface area (Å²) in [6.45, 7) is 0.239. The van der Waals surface area contributed by atoms with Crippen LogP contribution in [0.4, 0.5) is 0 Å². The Bertz CT molecular complexity index is 1400. The Morgan fingerprint density at radius 2 is 1.80 bits per heavy atom. The van der Waals surface area contributed by atoms with Crippen molar-refractivity contribution in [2.24, 2.45) is 0 Å². The highest BCUT2D eigenvalue weighted by Gasteiger charge is 2.34. The fourth-order valence-corrected chi connectivity index (χ4v) is 4.31. The molecule has 1 atom stereocenters. The van der Waals surface area contributed by atoms with Crippen LogP contribution in [-0.2, 0) is 11.4 Å². The van der Waals surface area contributed by atoms with Gasteiger partial charge in [-0.15, -0.1) is 0 Å². The molecule has 0 fully saturated rings. The largest absolute Gasteiger partial charge is 0.507 e. The number of carbonyl (C=O) groups is 2. The van der Waals surface area contributed by atoms with E-state index in [4.69, 9.17) is 21.1 Å². The Morgan fingerprint density at radius 1 is 1.03 bits per heavy atom. The van der Waals surface area contributed by atoms with Gasteiger partial charge in [0, 0.05) is 33.8 Å². The number of nitrogens with zero attached hydrogens (tertiary/aromatic N) is 1. The fraction of sp³-hybridized carbons (Fsp3) is 0.107. The van der Waals surface area contributed by atoms with Crippen molar-refractivity contribution in [2.45, 2.75) is 18.9 Å². The van der Waals surface area contributed by atoms with Crippen LogP contribution in [0.25, 0.3) is 0 Å². The van der Waals surface area contributed by atoms with Gasteiger partial charge >= 0.3 is 5.97 Å². The van der Waals surface area contributed by atoms with E-state index < -0.39 is 11.9 Å². The highest BCUT2D eigenvalue weighted by Crippen LogP contribution is 2.47. The van der Waals surface area contributed by atoms with Crippen molar-refractivity contribution >= 4 is 23.4 Å². The molecule has 2 heterocycles. The topological polar surface area (TPSA) is 85.7 Å². The number of benzene rings is 3. The Hall–Kier alpha value is -4.16. The standard InChI is InChI=1S/C28H20ClNO5/c29-18-10-8-17(9-11-18)27(32)21-12-13-24-26(28(21)33)22(15-25(31)35-24)20-6-1-2-7-23(20)34-16-19-5-3-4-14-30-19/h1-14,22,33H,15-16H2. The molecular weight excluding hydrogens is 466 g/mol. The van der Waals surface area contributed by atoms with Crippen molar-refractivity contribution in [1.82, 2.24) is 4.98 Å². The van der Waals surface area contributed by atoms with E-state index in [1.54, 1.807) is 42.6 Å². The maximum Gasteiger partial charge on any atom is 0.312 e. The van der Waals surface area contributed by atoms with Gasteiger partial charge < -0.3 is 14.6 Å². The number of ketones is 1. The van der Waals surface area contributed by atoms with Gasteiger partial charge in [-0.3, -0.25) is 14.6 Å². The maximum atomic E-state index is 13.2. The molecule has 1 aromatic heterocycles. The Balaban J connectivity index is 1.54. The molecular formula is C28H20ClNO5. The van der Waals surface area contributed by atoms with Crippen molar-refractivity contribution in [1.29, 1.82) is 0 Å². The summed E-state index contributed by atoms with van der Waals surface area (Å²) in [5.41, 5.74) is 2.32. The van der Waals surface area contributed by atoms with E-state index in [0.29, 0.717) is 27.5 Å². The minimum absolute atomic E-state index is 0.0108. The van der Waals surface area contributed by atoms with Gasteiger partial charge in [0.05, 0.1) is 17.7 Å². The smallest absolute Gasteiger partial charge is 0.312 e. The maximum absolute atomic E-state index is 13.2. The van der Waals surface area contributed by atoms with Crippen LogP contribution in [0, 0.1) is 0 Å². The number of hydrogen-bond donors (Lipinski definition) is 1. The number of ether oxygens (including phenoxy) is 2. The zero-order valence-electron chi connectivity index (χ0n) is 18.5. The minimum Gasteiger partial charge on any atom is -0.507 e. The Labute approximate surface area is 206 Å². The lowest BCUT2D eigenvalue weighted by Gasteiger charge is -2.27. The van der Waals surface area contributed by atoms with Crippen LogP contribution < -0.4 is 9.47 Å². The van der Waals surface area contributed by atoms with E-state index in [1.165, 1.54) is 6.07 Å². The second-order valence-corrected chi connectivity index (χ2v) is 8.52. The number of halogens is 1. The highest BCUT2D eigenvalue weighted by atomic mass is 35.5. The van der Waals surface area contributed by atoms with E-state index in [-0.39, 0.29) is 35.9 Å². The van der Waals surface area contributed by atoms with Crippen LogP contribution in [0.1, 0.15) is 45.1 Å². The van der Waals surface area contributed by atoms with Crippen molar-refractivity contribution < 1.29 is 24.2 Å². The summed E-state index contributed by atoms with van der Waals surface area (Å²) in [6.07, 6.45) is 1.68. The monoisotopic (exact) mass is 485 g/mol. The van der Waals surface area contributed by atoms with Crippen LogP contribution >= 0.6 is 11.6 Å². The number of phenolic OH excluding ortho intramolecular Hbond substituents is 1. The molecule has 1 N–H and O–H groups in total. The van der Waals surface area contributed by atoms with E-state index in [9.17, 15) is 14.7 Å². The summed E-state index contributed by atoms with van der Waals surface area (Å²) < 4.78 is 11.5. The number of fused-ring (bicyclic) bond motifs is 1. The van der Waals surface area contributed by atoms with Gasteiger partial charge in [-0.25, -0.2) is 0 Å². The Kier molecular flexibility index (Phi) is 6.21. The zero-order valence-corrected chi connectivity index (χ0v) is 19.2. The van der Waals surface area contributed by atoms with Crippen molar-refractivity contribution in [3.8, 4) is 17.2 Å². The molecule has 4 aromatic rings. The molecule has 0 bridgehead atoms. The summed E-state index contributed by atoms with van der Waals surface area (Å²) in [5, 5.41) is 11.8. The molecule has 6 nitrogen and oxygen atoms in total. The number of phenols is 1. The van der Waals surface area contributed by atoms with E-state index in [2.05, 4.69) is 4.98 Å². The molecule has 1 aliphatic rings. The van der Waals surface area contributed by atoms with Crippen molar-refractivity contribution in [3.05, 3.63) is 118 Å². The molecule has 0 saturated carbocycles. The van der Waals surface area contributed by atoms with E-state index in [0.717, 1.165) is 5.69 Å². The molecule has 0 aliphatic carbocycles. The third-order valence-electron chi connectivity index (χ3n) is 5.87. The number of esters is 1. The average molecular weight is 486 g/mol.